The number of hydrogen-bond donors (Lipinski definition) is 2. The Hall–Kier alpha value is -1.76. The molecule has 0 amide bonds. The number of aliphatic hydroxyl groups excluding tert-OH is 2. The van der Waals surface area contributed by atoms with Gasteiger partial charge in [0, 0.05) is 6.61 Å². The highest BCUT2D eigenvalue weighted by molar-refractivity contribution is 6.99. The molecule has 0 spiro atoms. The fraction of sp³-hybridized carbons (Fsp3) is 0.440. The molecule has 0 aliphatic carbocycles. The standard InChI is InChI=1S/C25H34O4Si/c1-19-17-22(27)23(15-16-26)29-24(19)18-28-30(25(2,3)4,20-11-7-5-8-12-20)21-13-9-6-10-14-21/h5-14,17,22-24,26-27H,15-16,18H2,1-4H3/t22-,23+,24-/m1/s1. The summed E-state index contributed by atoms with van der Waals surface area (Å²) in [5.41, 5.74) is 0.967. The minimum atomic E-state index is -2.64. The molecule has 1 aliphatic heterocycles. The first-order chi connectivity index (χ1) is 14.3. The van der Waals surface area contributed by atoms with E-state index in [4.69, 9.17) is 9.16 Å². The molecule has 0 aromatic heterocycles. The predicted octanol–water partition coefficient (Wildman–Crippen LogP) is 3.02. The zero-order valence-electron chi connectivity index (χ0n) is 18.4. The van der Waals surface area contributed by atoms with Crippen LogP contribution in [-0.4, -0.2) is 50.1 Å². The Morgan fingerprint density at radius 2 is 1.50 bits per heavy atom. The smallest absolute Gasteiger partial charge is 0.261 e. The molecule has 3 atom stereocenters. The molecule has 4 nitrogen and oxygen atoms in total. The van der Waals surface area contributed by atoms with Gasteiger partial charge in [-0.1, -0.05) is 87.5 Å². The normalized spacial score (nSPS) is 22.6. The molecule has 0 saturated carbocycles. The second-order valence-electron chi connectivity index (χ2n) is 9.05. The third-order valence-corrected chi connectivity index (χ3v) is 10.9. The molecular formula is C25H34O4Si. The lowest BCUT2D eigenvalue weighted by Gasteiger charge is -2.44. The third-order valence-electron chi connectivity index (χ3n) is 5.94. The summed E-state index contributed by atoms with van der Waals surface area (Å²) < 4.78 is 13.1. The molecule has 0 unspecified atom stereocenters. The maximum atomic E-state index is 10.3. The number of rotatable bonds is 7. The second kappa shape index (κ2) is 9.58. The van der Waals surface area contributed by atoms with E-state index in [9.17, 15) is 10.2 Å². The monoisotopic (exact) mass is 426 g/mol. The van der Waals surface area contributed by atoms with Gasteiger partial charge in [0.05, 0.1) is 18.8 Å². The molecule has 0 saturated heterocycles. The fourth-order valence-electron chi connectivity index (χ4n) is 4.38. The molecule has 2 N–H and O–H groups in total. The van der Waals surface area contributed by atoms with Gasteiger partial charge in [-0.15, -0.1) is 0 Å². The summed E-state index contributed by atoms with van der Waals surface area (Å²) >= 11 is 0. The van der Waals surface area contributed by atoms with Crippen LogP contribution >= 0.6 is 0 Å². The van der Waals surface area contributed by atoms with Crippen molar-refractivity contribution in [2.75, 3.05) is 13.2 Å². The summed E-state index contributed by atoms with van der Waals surface area (Å²) in [7, 11) is -2.64. The average molecular weight is 427 g/mol. The summed E-state index contributed by atoms with van der Waals surface area (Å²) in [6.45, 7) is 9.12. The van der Waals surface area contributed by atoms with Crippen molar-refractivity contribution in [3.8, 4) is 0 Å². The van der Waals surface area contributed by atoms with E-state index < -0.39 is 20.5 Å². The van der Waals surface area contributed by atoms with E-state index in [1.165, 1.54) is 10.4 Å². The van der Waals surface area contributed by atoms with Gasteiger partial charge in [0.15, 0.2) is 0 Å². The topological polar surface area (TPSA) is 58.9 Å². The van der Waals surface area contributed by atoms with Crippen LogP contribution in [0.15, 0.2) is 72.3 Å². The van der Waals surface area contributed by atoms with Crippen LogP contribution in [0.3, 0.4) is 0 Å². The van der Waals surface area contributed by atoms with Gasteiger partial charge in [0.2, 0.25) is 0 Å². The van der Waals surface area contributed by atoms with Crippen molar-refractivity contribution in [1.82, 2.24) is 0 Å². The quantitative estimate of drug-likeness (QED) is 0.528. The van der Waals surface area contributed by atoms with E-state index >= 15 is 0 Å². The van der Waals surface area contributed by atoms with Gasteiger partial charge in [-0.25, -0.2) is 0 Å². The van der Waals surface area contributed by atoms with Gasteiger partial charge in [-0.3, -0.25) is 0 Å². The van der Waals surface area contributed by atoms with Gasteiger partial charge >= 0.3 is 0 Å². The molecule has 2 aromatic carbocycles. The van der Waals surface area contributed by atoms with Crippen LogP contribution in [0.5, 0.6) is 0 Å². The Morgan fingerprint density at radius 1 is 0.967 bits per heavy atom. The molecule has 3 rings (SSSR count). The van der Waals surface area contributed by atoms with E-state index in [1.54, 1.807) is 0 Å². The highest BCUT2D eigenvalue weighted by Gasteiger charge is 2.50. The van der Waals surface area contributed by atoms with Crippen molar-refractivity contribution in [3.05, 3.63) is 72.3 Å². The van der Waals surface area contributed by atoms with Crippen LogP contribution in [0.1, 0.15) is 34.1 Å². The molecule has 1 heterocycles. The maximum absolute atomic E-state index is 10.3. The Balaban J connectivity index is 1.99. The Morgan fingerprint density at radius 3 is 1.97 bits per heavy atom. The lowest BCUT2D eigenvalue weighted by molar-refractivity contribution is -0.0825. The minimum absolute atomic E-state index is 0.0170. The van der Waals surface area contributed by atoms with Gasteiger partial charge in [0.1, 0.15) is 6.10 Å². The number of aliphatic hydroxyl groups is 2. The first-order valence-electron chi connectivity index (χ1n) is 10.7. The van der Waals surface area contributed by atoms with E-state index in [-0.39, 0.29) is 17.7 Å². The molecule has 0 fully saturated rings. The van der Waals surface area contributed by atoms with Crippen molar-refractivity contribution >= 4 is 18.7 Å². The molecule has 30 heavy (non-hydrogen) atoms. The average Bonchev–Trinajstić information content (AvgIpc) is 2.72. The van der Waals surface area contributed by atoms with Crippen molar-refractivity contribution < 1.29 is 19.4 Å². The Bertz CT molecular complexity index is 790. The maximum Gasteiger partial charge on any atom is 0.261 e. The Labute approximate surface area is 181 Å². The molecule has 0 radical (unpaired) electrons. The molecule has 1 aliphatic rings. The number of hydrogen-bond acceptors (Lipinski definition) is 4. The molecular weight excluding hydrogens is 392 g/mol. The number of benzene rings is 2. The highest BCUT2D eigenvalue weighted by atomic mass is 28.4. The zero-order valence-corrected chi connectivity index (χ0v) is 19.4. The van der Waals surface area contributed by atoms with Crippen LogP contribution in [0.2, 0.25) is 5.04 Å². The zero-order chi connectivity index (χ0) is 21.8. The van der Waals surface area contributed by atoms with Gasteiger partial charge in [-0.05, 0) is 34.3 Å². The van der Waals surface area contributed by atoms with Gasteiger partial charge in [-0.2, -0.15) is 0 Å². The summed E-state index contributed by atoms with van der Waals surface area (Å²) in [5.74, 6) is 0. The largest absolute Gasteiger partial charge is 0.404 e. The molecule has 2 aromatic rings. The van der Waals surface area contributed by atoms with Crippen molar-refractivity contribution in [3.63, 3.8) is 0 Å². The van der Waals surface area contributed by atoms with E-state index in [0.29, 0.717) is 13.0 Å². The fourth-order valence-corrected chi connectivity index (χ4v) is 8.94. The van der Waals surface area contributed by atoms with Crippen LogP contribution in [0.25, 0.3) is 0 Å². The first kappa shape index (κ1) is 22.9. The minimum Gasteiger partial charge on any atom is -0.404 e. The first-order valence-corrected chi connectivity index (χ1v) is 12.6. The van der Waals surface area contributed by atoms with Crippen LogP contribution in [-0.2, 0) is 9.16 Å². The predicted molar refractivity (Wildman–Crippen MR) is 124 cm³/mol. The van der Waals surface area contributed by atoms with Crippen LogP contribution < -0.4 is 10.4 Å². The lowest BCUT2D eigenvalue weighted by Crippen LogP contribution is -2.67. The van der Waals surface area contributed by atoms with Crippen LogP contribution in [0, 0.1) is 0 Å². The SMILES string of the molecule is CC1=C[C@@H](O)[C@H](CCO)O[C@@H]1CO[Si](c1ccccc1)(c1ccccc1)C(C)(C)C. The summed E-state index contributed by atoms with van der Waals surface area (Å²) in [4.78, 5) is 0. The molecule has 5 heteroatoms. The summed E-state index contributed by atoms with van der Waals surface area (Å²) in [6.07, 6.45) is 0.892. The van der Waals surface area contributed by atoms with Gasteiger partial charge in [0.25, 0.3) is 8.32 Å². The van der Waals surface area contributed by atoms with E-state index in [0.717, 1.165) is 5.57 Å². The highest BCUT2D eigenvalue weighted by Crippen LogP contribution is 2.37. The van der Waals surface area contributed by atoms with Gasteiger partial charge < -0.3 is 19.4 Å². The number of ether oxygens (including phenoxy) is 1. The Kier molecular flexibility index (Phi) is 7.32. The summed E-state index contributed by atoms with van der Waals surface area (Å²) in [6, 6.07) is 21.1. The van der Waals surface area contributed by atoms with Crippen molar-refractivity contribution in [2.24, 2.45) is 0 Å². The van der Waals surface area contributed by atoms with E-state index in [2.05, 4.69) is 69.3 Å². The van der Waals surface area contributed by atoms with E-state index in [1.807, 2.05) is 25.1 Å². The molecule has 0 bridgehead atoms. The van der Waals surface area contributed by atoms with Crippen LogP contribution in [0.4, 0.5) is 0 Å². The van der Waals surface area contributed by atoms with Crippen molar-refractivity contribution in [2.45, 2.75) is 57.5 Å². The third kappa shape index (κ3) is 4.61. The lowest BCUT2D eigenvalue weighted by atomic mass is 10.0. The molecule has 162 valence electrons. The van der Waals surface area contributed by atoms with Crippen molar-refractivity contribution in [1.29, 1.82) is 0 Å². The second-order valence-corrected chi connectivity index (χ2v) is 13.4. The summed E-state index contributed by atoms with van der Waals surface area (Å²) in [5, 5.41) is 21.9.